The van der Waals surface area contributed by atoms with Crippen LogP contribution in [0.15, 0.2) is 30.6 Å². The molecule has 120 valence electrons. The highest BCUT2D eigenvalue weighted by atomic mass is 32.1. The monoisotopic (exact) mass is 328 g/mol. The van der Waals surface area contributed by atoms with Gasteiger partial charge < -0.3 is 9.30 Å². The molecule has 0 fully saturated rings. The minimum absolute atomic E-state index is 0.262. The van der Waals surface area contributed by atoms with Gasteiger partial charge >= 0.3 is 5.97 Å². The zero-order valence-corrected chi connectivity index (χ0v) is 14.4. The van der Waals surface area contributed by atoms with E-state index in [1.807, 2.05) is 42.1 Å². The van der Waals surface area contributed by atoms with Gasteiger partial charge in [0.1, 0.15) is 9.71 Å². The summed E-state index contributed by atoms with van der Waals surface area (Å²) in [4.78, 5) is 18.7. The first-order valence-electron chi connectivity index (χ1n) is 7.83. The van der Waals surface area contributed by atoms with E-state index in [4.69, 9.17) is 4.74 Å². The lowest BCUT2D eigenvalue weighted by Gasteiger charge is -2.08. The summed E-state index contributed by atoms with van der Waals surface area (Å²) in [5.41, 5.74) is 2.96. The van der Waals surface area contributed by atoms with Crippen molar-refractivity contribution in [1.82, 2.24) is 9.55 Å². The van der Waals surface area contributed by atoms with Gasteiger partial charge in [0.2, 0.25) is 0 Å². The molecule has 23 heavy (non-hydrogen) atoms. The molecular formula is C18H20N2O2S. The number of ether oxygens (including phenoxy) is 1. The zero-order chi connectivity index (χ0) is 16.4. The number of pyridine rings is 1. The highest BCUT2D eigenvalue weighted by Gasteiger charge is 2.23. The lowest BCUT2D eigenvalue weighted by molar-refractivity contribution is 0.0505. The predicted molar refractivity (Wildman–Crippen MR) is 93.6 cm³/mol. The average molecular weight is 328 g/mol. The van der Waals surface area contributed by atoms with Crippen LogP contribution in [0.25, 0.3) is 15.9 Å². The number of esters is 1. The summed E-state index contributed by atoms with van der Waals surface area (Å²) in [6.45, 7) is 6.57. The van der Waals surface area contributed by atoms with Crippen LogP contribution in [0.1, 0.15) is 40.7 Å². The lowest BCUT2D eigenvalue weighted by atomic mass is 10.1. The number of rotatable bonds is 5. The molecule has 0 radical (unpaired) electrons. The molecule has 3 rings (SSSR count). The van der Waals surface area contributed by atoms with Gasteiger partial charge in [-0.2, -0.15) is 0 Å². The molecule has 3 aromatic heterocycles. The van der Waals surface area contributed by atoms with Gasteiger partial charge in [-0.1, -0.05) is 13.3 Å². The number of aryl methyl sites for hydroxylation is 2. The molecular weight excluding hydrogens is 308 g/mol. The summed E-state index contributed by atoms with van der Waals surface area (Å²) < 4.78 is 7.41. The lowest BCUT2D eigenvalue weighted by Crippen LogP contribution is -2.07. The number of carbonyl (C=O) groups is 1. The van der Waals surface area contributed by atoms with Gasteiger partial charge in [0.25, 0.3) is 0 Å². The van der Waals surface area contributed by atoms with E-state index >= 15 is 0 Å². The van der Waals surface area contributed by atoms with E-state index in [9.17, 15) is 4.79 Å². The van der Waals surface area contributed by atoms with Crippen LogP contribution in [-0.4, -0.2) is 22.1 Å². The van der Waals surface area contributed by atoms with Gasteiger partial charge in [-0.05, 0) is 44.0 Å². The fraction of sp³-hybridized carbons (Fsp3) is 0.333. The molecule has 0 saturated heterocycles. The summed E-state index contributed by atoms with van der Waals surface area (Å²) in [5, 5.41) is 1.03. The maximum atomic E-state index is 12.5. The number of thiophene rings is 1. The normalized spacial score (nSPS) is 11.1. The maximum Gasteiger partial charge on any atom is 0.350 e. The second-order valence-corrected chi connectivity index (χ2v) is 6.62. The summed E-state index contributed by atoms with van der Waals surface area (Å²) in [5.74, 6) is -0.262. The van der Waals surface area contributed by atoms with Crippen LogP contribution in [0.5, 0.6) is 0 Å². The van der Waals surface area contributed by atoms with E-state index in [0.717, 1.165) is 40.0 Å². The first-order chi connectivity index (χ1) is 11.1. The summed E-state index contributed by atoms with van der Waals surface area (Å²) >= 11 is 1.41. The fourth-order valence-electron chi connectivity index (χ4n) is 2.67. The quantitative estimate of drug-likeness (QED) is 0.505. The second-order valence-electron chi connectivity index (χ2n) is 5.62. The molecule has 0 saturated carbocycles. The van der Waals surface area contributed by atoms with Crippen molar-refractivity contribution in [2.45, 2.75) is 33.6 Å². The van der Waals surface area contributed by atoms with Gasteiger partial charge in [0.15, 0.2) is 0 Å². The van der Waals surface area contributed by atoms with E-state index < -0.39 is 0 Å². The van der Waals surface area contributed by atoms with Crippen molar-refractivity contribution in [2.24, 2.45) is 0 Å². The van der Waals surface area contributed by atoms with Gasteiger partial charge in [0.05, 0.1) is 12.3 Å². The van der Waals surface area contributed by atoms with Crippen molar-refractivity contribution in [3.05, 3.63) is 46.7 Å². The second kappa shape index (κ2) is 6.54. The molecule has 0 spiro atoms. The number of nitrogens with zero attached hydrogens (tertiary/aromatic N) is 2. The Morgan fingerprint density at radius 2 is 2.04 bits per heavy atom. The van der Waals surface area contributed by atoms with E-state index in [2.05, 4.69) is 18.8 Å². The van der Waals surface area contributed by atoms with Crippen LogP contribution in [0.2, 0.25) is 0 Å². The standard InChI is InChI=1S/C18H20N2O2S/c1-4-5-10-22-18(21)16-15(20-8-6-7-9-20)14-12(2)11-13(3)19-17(14)23-16/h6-9,11H,4-5,10H2,1-3H3. The minimum atomic E-state index is -0.262. The minimum Gasteiger partial charge on any atom is -0.461 e. The Balaban J connectivity index is 2.15. The van der Waals surface area contributed by atoms with E-state index in [-0.39, 0.29) is 5.97 Å². The molecule has 3 aromatic rings. The molecule has 0 bridgehead atoms. The Hall–Kier alpha value is -2.14. The Bertz CT molecular complexity index is 834. The Morgan fingerprint density at radius 1 is 1.30 bits per heavy atom. The van der Waals surface area contributed by atoms with Gasteiger partial charge in [-0.3, -0.25) is 0 Å². The summed E-state index contributed by atoms with van der Waals surface area (Å²) in [7, 11) is 0. The Labute approximate surface area is 139 Å². The smallest absolute Gasteiger partial charge is 0.350 e. The van der Waals surface area contributed by atoms with E-state index in [1.54, 1.807) is 0 Å². The first-order valence-corrected chi connectivity index (χ1v) is 8.64. The van der Waals surface area contributed by atoms with Crippen LogP contribution in [0.3, 0.4) is 0 Å². The van der Waals surface area contributed by atoms with Crippen LogP contribution in [0.4, 0.5) is 0 Å². The van der Waals surface area contributed by atoms with Gasteiger partial charge in [-0.15, -0.1) is 11.3 Å². The number of fused-ring (bicyclic) bond motifs is 1. The third-order valence-corrected chi connectivity index (χ3v) is 4.79. The molecule has 0 aliphatic rings. The summed E-state index contributed by atoms with van der Waals surface area (Å²) in [6, 6.07) is 5.95. The molecule has 4 nitrogen and oxygen atoms in total. The third-order valence-electron chi connectivity index (χ3n) is 3.74. The fourth-order valence-corrected chi connectivity index (χ4v) is 3.86. The third kappa shape index (κ3) is 3.01. The molecule has 0 aliphatic carbocycles. The molecule has 0 N–H and O–H groups in total. The largest absolute Gasteiger partial charge is 0.461 e. The van der Waals surface area contributed by atoms with Crippen molar-refractivity contribution in [2.75, 3.05) is 6.61 Å². The number of aromatic nitrogens is 2. The maximum absolute atomic E-state index is 12.5. The molecule has 0 unspecified atom stereocenters. The Kier molecular flexibility index (Phi) is 4.48. The molecule has 0 aromatic carbocycles. The van der Waals surface area contributed by atoms with Crippen LogP contribution < -0.4 is 0 Å². The highest BCUT2D eigenvalue weighted by Crippen LogP contribution is 2.36. The van der Waals surface area contributed by atoms with Crippen LogP contribution in [0, 0.1) is 13.8 Å². The number of hydrogen-bond donors (Lipinski definition) is 0. The van der Waals surface area contributed by atoms with Crippen molar-refractivity contribution in [1.29, 1.82) is 0 Å². The summed E-state index contributed by atoms with van der Waals surface area (Å²) in [6.07, 6.45) is 5.78. The van der Waals surface area contributed by atoms with E-state index in [0.29, 0.717) is 11.5 Å². The molecule has 0 amide bonds. The van der Waals surface area contributed by atoms with Gasteiger partial charge in [-0.25, -0.2) is 9.78 Å². The molecule has 0 atom stereocenters. The van der Waals surface area contributed by atoms with Crippen molar-refractivity contribution in [3.63, 3.8) is 0 Å². The first kappa shape index (κ1) is 15.7. The topological polar surface area (TPSA) is 44.1 Å². The van der Waals surface area contributed by atoms with E-state index in [1.165, 1.54) is 11.3 Å². The molecule has 5 heteroatoms. The van der Waals surface area contributed by atoms with Crippen LogP contribution >= 0.6 is 11.3 Å². The zero-order valence-electron chi connectivity index (χ0n) is 13.6. The number of unbranched alkanes of at least 4 members (excludes halogenated alkanes) is 1. The number of carbonyl (C=O) groups excluding carboxylic acids is 1. The van der Waals surface area contributed by atoms with Crippen molar-refractivity contribution >= 4 is 27.5 Å². The average Bonchev–Trinajstić information content (AvgIpc) is 3.13. The molecule has 0 aliphatic heterocycles. The van der Waals surface area contributed by atoms with Crippen molar-refractivity contribution < 1.29 is 9.53 Å². The SMILES string of the molecule is CCCCOC(=O)c1sc2nc(C)cc(C)c2c1-n1cccc1. The number of hydrogen-bond acceptors (Lipinski definition) is 4. The molecule has 3 heterocycles. The van der Waals surface area contributed by atoms with Crippen LogP contribution in [-0.2, 0) is 4.74 Å². The highest BCUT2D eigenvalue weighted by molar-refractivity contribution is 7.21. The van der Waals surface area contributed by atoms with Crippen molar-refractivity contribution in [3.8, 4) is 5.69 Å². The van der Waals surface area contributed by atoms with Gasteiger partial charge in [0, 0.05) is 23.5 Å². The predicted octanol–water partition coefficient (Wildman–Crippen LogP) is 4.66. The Morgan fingerprint density at radius 3 is 2.74 bits per heavy atom.